The van der Waals surface area contributed by atoms with Gasteiger partial charge in [-0.1, -0.05) is 66.2 Å². The smallest absolute Gasteiger partial charge is 0.336 e. The lowest BCUT2D eigenvalue weighted by molar-refractivity contribution is -0.415. The van der Waals surface area contributed by atoms with Crippen molar-refractivity contribution < 1.29 is 39.1 Å². The molecule has 0 spiro atoms. The molecule has 2 bridgehead atoms. The topological polar surface area (TPSA) is 144 Å². The Hall–Kier alpha value is -5.48. The van der Waals surface area contributed by atoms with Crippen LogP contribution in [0.25, 0.3) is 33.4 Å². The molecule has 2 aliphatic carbocycles. The summed E-state index contributed by atoms with van der Waals surface area (Å²) in [6.45, 7) is 1.91. The fourth-order valence-corrected chi connectivity index (χ4v) is 7.09. The van der Waals surface area contributed by atoms with Crippen LogP contribution >= 0.6 is 11.6 Å². The molecule has 226 valence electrons. The van der Waals surface area contributed by atoms with Crippen LogP contribution in [0.5, 0.6) is 5.75 Å². The van der Waals surface area contributed by atoms with Crippen LogP contribution < -0.4 is 5.43 Å². The molecular formula is C36H21ClO9. The van der Waals surface area contributed by atoms with Crippen molar-refractivity contribution in [2.24, 2.45) is 0 Å². The molecule has 0 radical (unpaired) electrons. The van der Waals surface area contributed by atoms with E-state index in [4.69, 9.17) is 25.8 Å². The summed E-state index contributed by atoms with van der Waals surface area (Å²) in [5.74, 6) is -2.87. The summed E-state index contributed by atoms with van der Waals surface area (Å²) in [4.78, 5) is 50.9. The van der Waals surface area contributed by atoms with Gasteiger partial charge in [0.05, 0.1) is 16.1 Å². The molecule has 46 heavy (non-hydrogen) atoms. The van der Waals surface area contributed by atoms with Gasteiger partial charge in [-0.05, 0) is 47.9 Å². The molecule has 3 N–H and O–H groups in total. The van der Waals surface area contributed by atoms with E-state index in [1.165, 1.54) is 30.3 Å². The first-order valence-corrected chi connectivity index (χ1v) is 14.5. The van der Waals surface area contributed by atoms with E-state index < -0.39 is 28.6 Å². The van der Waals surface area contributed by atoms with Gasteiger partial charge in [0.1, 0.15) is 17.1 Å². The summed E-state index contributed by atoms with van der Waals surface area (Å²) < 4.78 is 6.13. The maximum absolute atomic E-state index is 14.2. The number of hydrogen-bond acceptors (Lipinski definition) is 7. The minimum absolute atomic E-state index is 0.0278. The second-order valence-corrected chi connectivity index (χ2v) is 11.9. The maximum atomic E-state index is 14.2. The van der Waals surface area contributed by atoms with E-state index in [1.807, 2.05) is 55.5 Å². The largest absolute Gasteiger partial charge is 0.506 e. The minimum atomic E-state index is -1.50. The van der Waals surface area contributed by atoms with Crippen molar-refractivity contribution in [1.29, 1.82) is 0 Å². The molecule has 4 aromatic rings. The quantitative estimate of drug-likeness (QED) is 0.136. The Morgan fingerprint density at radius 2 is 1.39 bits per heavy atom. The highest BCUT2D eigenvalue weighted by molar-refractivity contribution is 6.33. The number of aromatic carboxylic acids is 2. The lowest BCUT2D eigenvalue weighted by Gasteiger charge is -2.52. The molecule has 0 atom stereocenters. The van der Waals surface area contributed by atoms with Crippen LogP contribution in [-0.2, 0) is 21.0 Å². The standard InChI is InChI=1S/C36H21ClO9/c1-35-22-6-2-4-8-24(22)36(46-45-35,25-9-5-3-7-23(25)35)26-13-20-30(15-28(26)38)44-31-16-29(39)27(37)14-21(31)32(20)18-11-10-17(33(40)41)12-19(18)34(42)43/h2-16,39H,1H3,(H,40,41)(H,42,43). The number of fused-ring (bicyclic) bond motifs is 3. The Morgan fingerprint density at radius 1 is 0.739 bits per heavy atom. The molecule has 0 aromatic heterocycles. The van der Waals surface area contributed by atoms with Crippen molar-refractivity contribution in [3.8, 4) is 28.2 Å². The van der Waals surface area contributed by atoms with Gasteiger partial charge in [-0.2, -0.15) is 0 Å². The van der Waals surface area contributed by atoms with Crippen molar-refractivity contribution in [3.63, 3.8) is 0 Å². The molecule has 0 fully saturated rings. The van der Waals surface area contributed by atoms with Crippen LogP contribution in [0.15, 0.2) is 100 Å². The number of benzene rings is 5. The number of phenolic OH excluding ortho intramolecular Hbond substituents is 1. The second-order valence-electron chi connectivity index (χ2n) is 11.5. The van der Waals surface area contributed by atoms with Gasteiger partial charge in [0, 0.05) is 45.3 Å². The van der Waals surface area contributed by atoms with E-state index >= 15 is 0 Å². The Labute approximate surface area is 264 Å². The van der Waals surface area contributed by atoms with Gasteiger partial charge in [-0.3, -0.25) is 4.79 Å². The third kappa shape index (κ3) is 3.61. The summed E-state index contributed by atoms with van der Waals surface area (Å²) in [6, 6.07) is 24.5. The normalized spacial score (nSPS) is 19.6. The molecular weight excluding hydrogens is 612 g/mol. The van der Waals surface area contributed by atoms with Crippen molar-refractivity contribution in [1.82, 2.24) is 0 Å². The van der Waals surface area contributed by atoms with E-state index in [0.717, 1.165) is 17.2 Å². The van der Waals surface area contributed by atoms with Crippen molar-refractivity contribution in [2.75, 3.05) is 0 Å². The van der Waals surface area contributed by atoms with Crippen molar-refractivity contribution in [2.45, 2.75) is 18.1 Å². The predicted molar refractivity (Wildman–Crippen MR) is 167 cm³/mol. The zero-order valence-electron chi connectivity index (χ0n) is 23.8. The van der Waals surface area contributed by atoms with Crippen molar-refractivity contribution in [3.05, 3.63) is 145 Å². The Kier molecular flexibility index (Phi) is 5.79. The highest BCUT2D eigenvalue weighted by Crippen LogP contribution is 2.59. The fourth-order valence-electron chi connectivity index (χ4n) is 6.93. The molecule has 9 nitrogen and oxygen atoms in total. The van der Waals surface area contributed by atoms with Gasteiger partial charge in [0.15, 0.2) is 16.6 Å². The molecule has 5 aliphatic rings. The summed E-state index contributed by atoms with van der Waals surface area (Å²) in [6.07, 6.45) is 0. The van der Waals surface area contributed by atoms with Gasteiger partial charge in [-0.25, -0.2) is 19.4 Å². The number of aromatic hydroxyl groups is 1. The number of phenols is 1. The number of rotatable bonds is 4. The van der Waals surface area contributed by atoms with Gasteiger partial charge in [0.25, 0.3) is 0 Å². The van der Waals surface area contributed by atoms with Gasteiger partial charge in [-0.15, -0.1) is 0 Å². The molecule has 0 amide bonds. The van der Waals surface area contributed by atoms with Gasteiger partial charge in [0.2, 0.25) is 0 Å². The van der Waals surface area contributed by atoms with E-state index in [9.17, 15) is 29.7 Å². The SMILES string of the molecule is CC12OOC(c3cc4c(-c5ccc(C(=O)O)cc5C(=O)O)c5cc(Cl)c(O)cc5oc-4cc3=O)(c3ccccc31)c1ccccc12. The highest BCUT2D eigenvalue weighted by Gasteiger charge is 2.58. The van der Waals surface area contributed by atoms with E-state index in [1.54, 1.807) is 6.07 Å². The average molecular weight is 633 g/mol. The molecule has 3 heterocycles. The molecule has 0 saturated carbocycles. The first-order chi connectivity index (χ1) is 22.0. The monoisotopic (exact) mass is 632 g/mol. The Morgan fingerprint density at radius 3 is 2.02 bits per heavy atom. The Balaban J connectivity index is 1.53. The molecule has 10 heteroatoms. The minimum Gasteiger partial charge on any atom is -0.506 e. The molecule has 3 aliphatic heterocycles. The van der Waals surface area contributed by atoms with Crippen LogP contribution in [0.2, 0.25) is 5.02 Å². The molecule has 0 unspecified atom stereocenters. The first kappa shape index (κ1) is 28.0. The molecule has 4 aromatic carbocycles. The van der Waals surface area contributed by atoms with Crippen molar-refractivity contribution >= 4 is 34.5 Å². The first-order valence-electron chi connectivity index (χ1n) is 14.2. The van der Waals surface area contributed by atoms with E-state index in [0.29, 0.717) is 27.6 Å². The molecule has 9 rings (SSSR count). The number of carboxylic acids is 2. The van der Waals surface area contributed by atoms with E-state index in [-0.39, 0.29) is 44.4 Å². The highest BCUT2D eigenvalue weighted by atomic mass is 35.5. The van der Waals surface area contributed by atoms with Gasteiger partial charge >= 0.3 is 11.9 Å². The number of halogens is 1. The molecule has 0 saturated heterocycles. The summed E-state index contributed by atoms with van der Waals surface area (Å²) in [5.41, 5.74) is 0.717. The third-order valence-corrected chi connectivity index (χ3v) is 9.31. The van der Waals surface area contributed by atoms with E-state index in [2.05, 4.69) is 0 Å². The van der Waals surface area contributed by atoms with Crippen LogP contribution in [0.4, 0.5) is 0 Å². The summed E-state index contributed by atoms with van der Waals surface area (Å²) >= 11 is 6.35. The van der Waals surface area contributed by atoms with Gasteiger partial charge < -0.3 is 19.7 Å². The predicted octanol–water partition coefficient (Wildman–Crippen LogP) is 7.15. The van der Waals surface area contributed by atoms with Crippen LogP contribution in [0.1, 0.15) is 55.5 Å². The maximum Gasteiger partial charge on any atom is 0.336 e. The zero-order chi connectivity index (χ0) is 32.1. The summed E-state index contributed by atoms with van der Waals surface area (Å²) in [7, 11) is 0. The van der Waals surface area contributed by atoms with Crippen LogP contribution in [-0.4, -0.2) is 27.3 Å². The lowest BCUT2D eigenvalue weighted by Crippen LogP contribution is -2.53. The number of carbonyl (C=O) groups is 2. The van der Waals surface area contributed by atoms with Crippen LogP contribution in [0, 0.1) is 0 Å². The Bertz CT molecular complexity index is 2310. The lowest BCUT2D eigenvalue weighted by atomic mass is 9.64. The fraction of sp³-hybridized carbons (Fsp3) is 0.0833. The van der Waals surface area contributed by atoms with Crippen LogP contribution in [0.3, 0.4) is 0 Å². The number of hydrogen-bond donors (Lipinski definition) is 3. The average Bonchev–Trinajstić information content (AvgIpc) is 3.05. The zero-order valence-corrected chi connectivity index (χ0v) is 24.6. The third-order valence-electron chi connectivity index (χ3n) is 9.01. The second kappa shape index (κ2) is 9.51. The number of carboxylic acid groups (broad SMARTS) is 2. The summed E-state index contributed by atoms with van der Waals surface area (Å²) in [5, 5.41) is 30.5.